The number of hydrogen-bond donors (Lipinski definition) is 0. The lowest BCUT2D eigenvalue weighted by molar-refractivity contribution is -0.187. The summed E-state index contributed by atoms with van der Waals surface area (Å²) in [6, 6.07) is 12.3. The maximum Gasteiger partial charge on any atom is 0.339 e. The molecule has 1 rings (SSSR count). The molecule has 0 saturated heterocycles. The van der Waals surface area contributed by atoms with E-state index in [0.717, 1.165) is 23.7 Å². The summed E-state index contributed by atoms with van der Waals surface area (Å²) in [5.74, 6) is -1.65. The fourth-order valence-electron chi connectivity index (χ4n) is 4.47. The lowest BCUT2D eigenvalue weighted by atomic mass is 9.83. The van der Waals surface area contributed by atoms with Crippen LogP contribution in [0.15, 0.2) is 36.4 Å². The van der Waals surface area contributed by atoms with Gasteiger partial charge < -0.3 is 18.3 Å². The van der Waals surface area contributed by atoms with Gasteiger partial charge in [0.2, 0.25) is 0 Å². The van der Waals surface area contributed by atoms with Crippen molar-refractivity contribution in [1.29, 1.82) is 0 Å². The zero-order valence-electron chi connectivity index (χ0n) is 29.1. The Morgan fingerprint density at radius 2 is 1.31 bits per heavy atom. The maximum atomic E-state index is 14.6. The summed E-state index contributed by atoms with van der Waals surface area (Å²) >= 11 is 0. The normalized spacial score (nSPS) is 15.8. The first-order valence-corrected chi connectivity index (χ1v) is 21.0. The molecule has 42 heavy (non-hydrogen) atoms. The average Bonchev–Trinajstić information content (AvgIpc) is 2.84. The van der Waals surface area contributed by atoms with Crippen LogP contribution >= 0.6 is 0 Å². The van der Waals surface area contributed by atoms with Crippen molar-refractivity contribution in [2.45, 2.75) is 143 Å². The Morgan fingerprint density at radius 3 is 1.74 bits per heavy atom. The maximum absolute atomic E-state index is 14.6. The summed E-state index contributed by atoms with van der Waals surface area (Å²) in [5, 5.41) is -0.0456. The second kappa shape index (κ2) is 14.8. The minimum Gasteiger partial charge on any atom is -0.460 e. The Hall–Kier alpha value is -1.75. The molecule has 0 spiro atoms. The van der Waals surface area contributed by atoms with Crippen LogP contribution in [0.5, 0.6) is 0 Å². The van der Waals surface area contributed by atoms with E-state index >= 15 is 0 Å². The van der Waals surface area contributed by atoms with Crippen LogP contribution in [0.3, 0.4) is 0 Å². The molecule has 0 unspecified atom stereocenters. The van der Waals surface area contributed by atoms with E-state index in [1.165, 1.54) is 0 Å². The molecule has 0 aromatic heterocycles. The molecule has 0 N–H and O–H groups in total. The average molecular weight is 621 g/mol. The first-order chi connectivity index (χ1) is 19.1. The number of rotatable bonds is 14. The topological polar surface area (TPSA) is 71.1 Å². The summed E-state index contributed by atoms with van der Waals surface area (Å²) in [5.41, 5.74) is -2.16. The fraction of sp³-hybridized carbons (Fsp3) is 0.706. The van der Waals surface area contributed by atoms with Gasteiger partial charge in [0.15, 0.2) is 22.2 Å². The molecule has 0 aliphatic rings. The molecule has 1 aromatic carbocycles. The third-order valence-electron chi connectivity index (χ3n) is 8.25. The van der Waals surface area contributed by atoms with Gasteiger partial charge in [-0.25, -0.2) is 4.79 Å². The number of ether oxygens (including phenoxy) is 2. The molecule has 6 nitrogen and oxygen atoms in total. The van der Waals surface area contributed by atoms with Gasteiger partial charge in [-0.15, -0.1) is 0 Å². The highest BCUT2D eigenvalue weighted by Crippen LogP contribution is 2.42. The summed E-state index contributed by atoms with van der Waals surface area (Å²) in [6.45, 7) is 28.5. The second-order valence-corrected chi connectivity index (χ2v) is 24.4. The highest BCUT2D eigenvalue weighted by molar-refractivity contribution is 6.74. The zero-order valence-corrected chi connectivity index (χ0v) is 31.1. The molecular formula is C34H60O6Si2. The summed E-state index contributed by atoms with van der Waals surface area (Å²) in [6.07, 6.45) is 3.71. The van der Waals surface area contributed by atoms with E-state index in [4.69, 9.17) is 18.3 Å². The predicted molar refractivity (Wildman–Crippen MR) is 179 cm³/mol. The van der Waals surface area contributed by atoms with E-state index < -0.39 is 51.3 Å². The third kappa shape index (κ3) is 11.4. The number of hydrogen-bond acceptors (Lipinski definition) is 6. The molecule has 0 heterocycles. The molecule has 1 aromatic rings. The van der Waals surface area contributed by atoms with Crippen molar-refractivity contribution in [3.63, 3.8) is 0 Å². The standard InChI is InChI=1S/C34H60O6Si2/c1-15-42(16-2,17-3)40-34(30(36)39-32(7,8)9,25-29(35)38-31(4,5)6)28(24-23-27-21-19-18-20-22-27)26-37-41(13,14)33(10,11)12/h18-24,28H,15-17,25-26H2,1-14H3/b24-23+/t28-,34+/m1/s1. The minimum absolute atomic E-state index is 0.0456. The van der Waals surface area contributed by atoms with E-state index in [9.17, 15) is 9.59 Å². The van der Waals surface area contributed by atoms with E-state index in [-0.39, 0.29) is 18.1 Å². The minimum atomic E-state index is -2.49. The smallest absolute Gasteiger partial charge is 0.339 e. The van der Waals surface area contributed by atoms with Crippen molar-refractivity contribution in [2.24, 2.45) is 5.92 Å². The van der Waals surface area contributed by atoms with Crippen LogP contribution in [0, 0.1) is 5.92 Å². The molecule has 0 saturated carbocycles. The Labute approximate surface area is 259 Å². The lowest BCUT2D eigenvalue weighted by Gasteiger charge is -2.46. The largest absolute Gasteiger partial charge is 0.460 e. The van der Waals surface area contributed by atoms with Gasteiger partial charge in [0.25, 0.3) is 0 Å². The van der Waals surface area contributed by atoms with Gasteiger partial charge in [0, 0.05) is 12.5 Å². The Balaban J connectivity index is 4.02. The van der Waals surface area contributed by atoms with Crippen LogP contribution in [0.2, 0.25) is 36.3 Å². The zero-order chi connectivity index (χ0) is 32.6. The molecule has 0 fully saturated rings. The Kier molecular flexibility index (Phi) is 13.5. The number of esters is 2. The van der Waals surface area contributed by atoms with E-state index in [0.29, 0.717) is 0 Å². The van der Waals surface area contributed by atoms with Gasteiger partial charge >= 0.3 is 11.9 Å². The molecule has 2 atom stereocenters. The van der Waals surface area contributed by atoms with Crippen LogP contribution in [-0.2, 0) is 27.9 Å². The molecule has 0 amide bonds. The van der Waals surface area contributed by atoms with Crippen LogP contribution in [0.4, 0.5) is 0 Å². The quantitative estimate of drug-likeness (QED) is 0.153. The highest BCUT2D eigenvalue weighted by Gasteiger charge is 2.55. The SMILES string of the molecule is CC[Si](CC)(CC)O[C@](CC(=O)OC(C)(C)C)(C(=O)OC(C)(C)C)[C@H](/C=C/c1ccccc1)CO[Si](C)(C)C(C)(C)C. The number of carbonyl (C=O) groups is 2. The first-order valence-electron chi connectivity index (χ1n) is 15.6. The fourth-order valence-corrected chi connectivity index (χ4v) is 8.51. The van der Waals surface area contributed by atoms with E-state index in [2.05, 4.69) is 54.6 Å². The third-order valence-corrected chi connectivity index (χ3v) is 17.4. The molecule has 0 aliphatic carbocycles. The monoisotopic (exact) mass is 620 g/mol. The van der Waals surface area contributed by atoms with Crippen molar-refractivity contribution in [3.05, 3.63) is 42.0 Å². The molecule has 0 bridgehead atoms. The summed E-state index contributed by atoms with van der Waals surface area (Å²) in [7, 11) is -4.73. The predicted octanol–water partition coefficient (Wildman–Crippen LogP) is 9.17. The van der Waals surface area contributed by atoms with Gasteiger partial charge in [-0.05, 0) is 83.4 Å². The van der Waals surface area contributed by atoms with Gasteiger partial charge in [-0.2, -0.15) is 0 Å². The molecule has 240 valence electrons. The number of carbonyl (C=O) groups excluding carboxylic acids is 2. The van der Waals surface area contributed by atoms with Gasteiger partial charge in [0.05, 0.1) is 6.42 Å². The molecule has 0 aliphatic heterocycles. The van der Waals surface area contributed by atoms with Gasteiger partial charge in [0.1, 0.15) is 11.2 Å². The summed E-state index contributed by atoms with van der Waals surface area (Å²) < 4.78 is 26.0. The molecule has 0 radical (unpaired) electrons. The van der Waals surface area contributed by atoms with Gasteiger partial charge in [-0.3, -0.25) is 4.79 Å². The summed E-state index contributed by atoms with van der Waals surface area (Å²) in [4.78, 5) is 28.3. The van der Waals surface area contributed by atoms with Crippen LogP contribution in [-0.4, -0.2) is 52.0 Å². The van der Waals surface area contributed by atoms with E-state index in [1.807, 2.05) is 84.0 Å². The second-order valence-electron chi connectivity index (χ2n) is 14.9. The van der Waals surface area contributed by atoms with Crippen molar-refractivity contribution >= 4 is 34.6 Å². The Morgan fingerprint density at radius 1 is 0.810 bits per heavy atom. The van der Waals surface area contributed by atoms with Crippen LogP contribution in [0.1, 0.15) is 95.1 Å². The van der Waals surface area contributed by atoms with Crippen molar-refractivity contribution in [1.82, 2.24) is 0 Å². The van der Waals surface area contributed by atoms with Crippen LogP contribution in [0.25, 0.3) is 6.08 Å². The van der Waals surface area contributed by atoms with Crippen molar-refractivity contribution in [2.75, 3.05) is 6.61 Å². The van der Waals surface area contributed by atoms with Crippen molar-refractivity contribution < 1.29 is 27.9 Å². The Bertz CT molecular complexity index is 1020. The molecule has 8 heteroatoms. The lowest BCUT2D eigenvalue weighted by Crippen LogP contribution is -2.60. The van der Waals surface area contributed by atoms with Crippen LogP contribution < -0.4 is 0 Å². The van der Waals surface area contributed by atoms with Crippen molar-refractivity contribution in [3.8, 4) is 0 Å². The number of benzene rings is 1. The first kappa shape index (κ1) is 38.3. The molecular weight excluding hydrogens is 561 g/mol. The highest BCUT2D eigenvalue weighted by atomic mass is 28.4. The van der Waals surface area contributed by atoms with Gasteiger partial charge in [-0.1, -0.05) is 84.0 Å². The van der Waals surface area contributed by atoms with E-state index in [1.54, 1.807) is 0 Å².